The molecule has 5 fully saturated rings. The Hall–Kier alpha value is -6.11. The number of likely N-dealkylation sites (N-methyl/N-ethyl adjacent to an activating group) is 1. The standard InChI is InChI=1S/C46H52ClN11O7/c1-26(2)57-35-7-4-28(18-27(35)19-37(44(57)64)65-23-39(60)48-3)50-40-34(47)21-49-45(52-40)53-14-10-29(11-15-53)56-17-13-46(56)24-55(25-46)31-12-16-54(22-31)30-5-6-32-33(20-30)43(63)58(42(32)62)36-8-9-38(59)51-41(36)61/h4-7,18-21,26,29,31,36H,8-17,22-25H2,1-3H3,(H,48,60)(H,49,50,52)(H,51,59,61). The monoisotopic (exact) mass is 905 g/mol. The predicted octanol–water partition coefficient (Wildman–Crippen LogP) is 3.30. The highest BCUT2D eigenvalue weighted by Crippen LogP contribution is 2.45. The van der Waals surface area contributed by atoms with Gasteiger partial charge in [0.25, 0.3) is 23.3 Å². The van der Waals surface area contributed by atoms with Crippen LogP contribution in [0, 0.1) is 0 Å². The van der Waals surface area contributed by atoms with Gasteiger partial charge >= 0.3 is 0 Å². The number of pyridine rings is 1. The van der Waals surface area contributed by atoms with Gasteiger partial charge in [0.1, 0.15) is 11.1 Å². The normalized spacial score (nSPS) is 22.4. The van der Waals surface area contributed by atoms with E-state index in [-0.39, 0.29) is 48.2 Å². The largest absolute Gasteiger partial charge is 0.478 e. The van der Waals surface area contributed by atoms with Crippen molar-refractivity contribution in [3.05, 3.63) is 75.2 Å². The van der Waals surface area contributed by atoms with E-state index in [0.29, 0.717) is 40.0 Å². The number of anilines is 4. The van der Waals surface area contributed by atoms with Gasteiger partial charge in [-0.2, -0.15) is 4.98 Å². The number of carbonyl (C=O) groups excluding carboxylic acids is 5. The second-order valence-corrected chi connectivity index (χ2v) is 18.8. The van der Waals surface area contributed by atoms with Crippen LogP contribution in [0.1, 0.15) is 79.1 Å². The second kappa shape index (κ2) is 16.7. The fraction of sp³-hybridized carbons (Fsp3) is 0.478. The molecule has 4 aromatic rings. The van der Waals surface area contributed by atoms with Crippen LogP contribution in [0.3, 0.4) is 0 Å². The van der Waals surface area contributed by atoms with E-state index >= 15 is 0 Å². The van der Waals surface area contributed by atoms with Crippen molar-refractivity contribution in [2.75, 3.05) is 74.6 Å². The number of likely N-dealkylation sites (tertiary alicyclic amines) is 2. The minimum atomic E-state index is -0.981. The molecule has 2 unspecified atom stereocenters. The first-order valence-electron chi connectivity index (χ1n) is 22.5. The lowest BCUT2D eigenvalue weighted by Crippen LogP contribution is -2.80. The van der Waals surface area contributed by atoms with Crippen molar-refractivity contribution >= 4 is 75.2 Å². The van der Waals surface area contributed by atoms with Gasteiger partial charge in [0, 0.05) is 99.7 Å². The molecule has 6 aliphatic heterocycles. The number of ether oxygens (including phenoxy) is 1. The lowest BCUT2D eigenvalue weighted by atomic mass is 9.74. The molecule has 18 nitrogen and oxygen atoms in total. The molecule has 5 amide bonds. The lowest BCUT2D eigenvalue weighted by Gasteiger charge is -2.66. The third kappa shape index (κ3) is 7.64. The van der Waals surface area contributed by atoms with Gasteiger partial charge in [-0.1, -0.05) is 11.6 Å². The Morgan fingerprint density at radius 1 is 0.923 bits per heavy atom. The van der Waals surface area contributed by atoms with Crippen molar-refractivity contribution in [1.29, 1.82) is 0 Å². The molecule has 3 N–H and O–H groups in total. The van der Waals surface area contributed by atoms with Crippen molar-refractivity contribution in [2.45, 2.75) is 82.1 Å². The summed E-state index contributed by atoms with van der Waals surface area (Å²) in [4.78, 5) is 96.4. The molecule has 65 heavy (non-hydrogen) atoms. The zero-order valence-electron chi connectivity index (χ0n) is 36.6. The molecule has 0 saturated carbocycles. The molecule has 0 aliphatic carbocycles. The number of nitrogens with one attached hydrogen (secondary N) is 3. The number of piperidine rings is 2. The van der Waals surface area contributed by atoms with Crippen LogP contribution in [0.2, 0.25) is 5.02 Å². The van der Waals surface area contributed by atoms with Gasteiger partial charge in [-0.3, -0.25) is 48.8 Å². The molecule has 2 aromatic carbocycles. The highest BCUT2D eigenvalue weighted by atomic mass is 35.5. The molecule has 2 atom stereocenters. The molecular weight excluding hydrogens is 854 g/mol. The molecule has 19 heteroatoms. The van der Waals surface area contributed by atoms with Crippen molar-refractivity contribution in [3.63, 3.8) is 0 Å². The highest BCUT2D eigenvalue weighted by molar-refractivity contribution is 6.33. The molecule has 6 aliphatic rings. The van der Waals surface area contributed by atoms with Crippen LogP contribution in [-0.4, -0.2) is 142 Å². The van der Waals surface area contributed by atoms with E-state index < -0.39 is 29.7 Å². The quantitative estimate of drug-likeness (QED) is 0.186. The summed E-state index contributed by atoms with van der Waals surface area (Å²) >= 11 is 6.64. The number of carbonyl (C=O) groups is 5. The van der Waals surface area contributed by atoms with Gasteiger partial charge in [0.05, 0.1) is 22.8 Å². The smallest absolute Gasteiger partial charge is 0.293 e. The molecule has 2 aromatic heterocycles. The van der Waals surface area contributed by atoms with Gasteiger partial charge in [-0.15, -0.1) is 0 Å². The zero-order chi connectivity index (χ0) is 45.3. The molecule has 340 valence electrons. The number of hydrogen-bond donors (Lipinski definition) is 3. The van der Waals surface area contributed by atoms with Crippen LogP contribution in [0.5, 0.6) is 5.75 Å². The van der Waals surface area contributed by atoms with Gasteiger partial charge in [0.2, 0.25) is 17.8 Å². The minimum Gasteiger partial charge on any atom is -0.478 e. The maximum Gasteiger partial charge on any atom is 0.293 e. The predicted molar refractivity (Wildman–Crippen MR) is 243 cm³/mol. The average molecular weight is 906 g/mol. The summed E-state index contributed by atoms with van der Waals surface area (Å²) in [6.45, 7) is 10.1. The van der Waals surface area contributed by atoms with Crippen molar-refractivity contribution in [3.8, 4) is 5.75 Å². The fourth-order valence-corrected chi connectivity index (χ4v) is 10.8. The summed E-state index contributed by atoms with van der Waals surface area (Å²) < 4.78 is 7.28. The summed E-state index contributed by atoms with van der Waals surface area (Å²) in [5, 5.41) is 9.26. The Balaban J connectivity index is 0.738. The number of halogens is 1. The van der Waals surface area contributed by atoms with E-state index in [9.17, 15) is 28.8 Å². The Morgan fingerprint density at radius 2 is 1.68 bits per heavy atom. The van der Waals surface area contributed by atoms with Crippen molar-refractivity contribution < 1.29 is 28.7 Å². The van der Waals surface area contributed by atoms with E-state index in [1.165, 1.54) is 13.5 Å². The van der Waals surface area contributed by atoms with Crippen LogP contribution in [-0.2, 0) is 14.4 Å². The van der Waals surface area contributed by atoms with Crippen LogP contribution < -0.4 is 36.0 Å². The first-order valence-corrected chi connectivity index (χ1v) is 22.9. The van der Waals surface area contributed by atoms with E-state index in [4.69, 9.17) is 21.3 Å². The number of rotatable bonds is 11. The summed E-state index contributed by atoms with van der Waals surface area (Å²) in [6, 6.07) is 12.4. The van der Waals surface area contributed by atoms with E-state index in [0.717, 1.165) is 92.3 Å². The fourth-order valence-electron chi connectivity index (χ4n) is 10.7. The lowest BCUT2D eigenvalue weighted by molar-refractivity contribution is -0.156. The summed E-state index contributed by atoms with van der Waals surface area (Å²) in [5.74, 6) is -1.13. The number of imide groups is 2. The zero-order valence-corrected chi connectivity index (χ0v) is 37.4. The SMILES string of the molecule is CNC(=O)COc1cc2cc(Nc3nc(N4CCC(N5CCC56CN(C5CCN(c7ccc8c(c7)C(=O)N(C7CCC(=O)NC7=O)C8=O)C5)C6)CC4)ncc3Cl)ccc2n(C(C)C)c1=O. The number of benzene rings is 2. The number of aromatic nitrogens is 3. The average Bonchev–Trinajstić information content (AvgIpc) is 3.85. The third-order valence-electron chi connectivity index (χ3n) is 14.2. The van der Waals surface area contributed by atoms with Crippen LogP contribution in [0.25, 0.3) is 10.9 Å². The topological polar surface area (TPSA) is 195 Å². The Kier molecular flexibility index (Phi) is 11.0. The molecule has 0 bridgehead atoms. The second-order valence-electron chi connectivity index (χ2n) is 18.4. The van der Waals surface area contributed by atoms with Gasteiger partial charge in [0.15, 0.2) is 18.2 Å². The van der Waals surface area contributed by atoms with Crippen molar-refractivity contribution in [2.24, 2.45) is 0 Å². The number of amides is 5. The number of fused-ring (bicyclic) bond motifs is 2. The summed E-state index contributed by atoms with van der Waals surface area (Å²) in [6.07, 6.45) is 6.05. The number of nitrogens with zero attached hydrogens (tertiary/aromatic N) is 8. The first-order chi connectivity index (χ1) is 31.3. The van der Waals surface area contributed by atoms with Gasteiger partial charge in [-0.25, -0.2) is 4.98 Å². The minimum absolute atomic E-state index is 0.0875. The van der Waals surface area contributed by atoms with Crippen LogP contribution in [0.4, 0.5) is 23.1 Å². The summed E-state index contributed by atoms with van der Waals surface area (Å²) in [7, 11) is 1.51. The molecule has 5 saturated heterocycles. The summed E-state index contributed by atoms with van der Waals surface area (Å²) in [5.41, 5.74) is 2.85. The molecule has 8 heterocycles. The molecule has 1 spiro atoms. The first kappa shape index (κ1) is 42.8. The maximum atomic E-state index is 13.5. The Labute approximate surface area is 380 Å². The number of hydrogen-bond acceptors (Lipinski definition) is 14. The van der Waals surface area contributed by atoms with Crippen LogP contribution >= 0.6 is 11.6 Å². The van der Waals surface area contributed by atoms with E-state index in [1.807, 2.05) is 38.1 Å². The molecule has 0 radical (unpaired) electrons. The Bertz CT molecular complexity index is 2700. The third-order valence-corrected chi connectivity index (χ3v) is 14.5. The molecule has 10 rings (SSSR count). The van der Waals surface area contributed by atoms with Gasteiger partial charge in [-0.05, 0) is 88.4 Å². The Morgan fingerprint density at radius 3 is 2.40 bits per heavy atom. The van der Waals surface area contributed by atoms with Crippen molar-refractivity contribution in [1.82, 2.24) is 39.9 Å². The molecular formula is C46H52ClN11O7. The van der Waals surface area contributed by atoms with Gasteiger partial charge < -0.3 is 29.7 Å². The highest BCUT2D eigenvalue weighted by Gasteiger charge is 2.57. The maximum absolute atomic E-state index is 13.5. The van der Waals surface area contributed by atoms with E-state index in [1.54, 1.807) is 29.0 Å². The van der Waals surface area contributed by atoms with Crippen LogP contribution in [0.15, 0.2) is 53.5 Å². The van der Waals surface area contributed by atoms with E-state index in [2.05, 4.69) is 40.5 Å².